The topological polar surface area (TPSA) is 0 Å². The van der Waals surface area contributed by atoms with Gasteiger partial charge < -0.3 is 0 Å². The van der Waals surface area contributed by atoms with E-state index in [2.05, 4.69) is 140 Å². The Bertz CT molecular complexity index is 1320. The molecule has 4 heteroatoms. The highest BCUT2D eigenvalue weighted by Crippen LogP contribution is 2.48. The van der Waals surface area contributed by atoms with Crippen molar-refractivity contribution in [3.05, 3.63) is 88.7 Å². The largest absolute Gasteiger partial charge is 0.0616 e. The number of hydrogen-bond acceptors (Lipinski definition) is 0. The second-order valence-corrected chi connectivity index (χ2v) is 11.0. The molecule has 0 radical (unpaired) electrons. The van der Waals surface area contributed by atoms with E-state index in [0.29, 0.717) is 0 Å². The second-order valence-electron chi connectivity index (χ2n) is 7.72. The zero-order valence-corrected chi connectivity index (χ0v) is 23.5. The third-order valence-corrected chi connectivity index (χ3v) is 9.10. The maximum Gasteiger partial charge on any atom is 0.0297 e. The van der Waals surface area contributed by atoms with Crippen LogP contribution in [0.1, 0.15) is 22.3 Å². The molecule has 0 aliphatic rings. The van der Waals surface area contributed by atoms with Crippen LogP contribution < -0.4 is 0 Å². The molecule has 0 nitrogen and oxygen atoms in total. The first-order valence-electron chi connectivity index (χ1n) is 9.64. The Morgan fingerprint density at radius 3 is 1.60 bits per heavy atom. The summed E-state index contributed by atoms with van der Waals surface area (Å²) in [5.41, 5.74) is 9.83. The van der Waals surface area contributed by atoms with Gasteiger partial charge in [0.2, 0.25) is 0 Å². The van der Waals surface area contributed by atoms with Crippen LogP contribution in [0.3, 0.4) is 0 Å². The third-order valence-electron chi connectivity index (χ3n) is 5.80. The van der Waals surface area contributed by atoms with E-state index in [1.165, 1.54) is 55.3 Å². The van der Waals surface area contributed by atoms with E-state index in [1.807, 2.05) is 0 Å². The van der Waals surface area contributed by atoms with Crippen molar-refractivity contribution in [2.45, 2.75) is 27.7 Å². The summed E-state index contributed by atoms with van der Waals surface area (Å²) in [7, 11) is 0. The minimum Gasteiger partial charge on any atom is -0.0616 e. The molecule has 0 aliphatic heterocycles. The summed E-state index contributed by atoms with van der Waals surface area (Å²) < 4.78 is 4.44. The normalized spacial score (nSPS) is 11.3. The van der Waals surface area contributed by atoms with Crippen molar-refractivity contribution in [1.29, 1.82) is 0 Å². The monoisotopic (exact) mass is 648 g/mol. The van der Waals surface area contributed by atoms with E-state index >= 15 is 0 Å². The number of rotatable bonds is 2. The van der Waals surface area contributed by atoms with Crippen molar-refractivity contribution in [1.82, 2.24) is 0 Å². The van der Waals surface area contributed by atoms with Gasteiger partial charge in [0.1, 0.15) is 0 Å². The SMILES string of the molecule is Cc1cc(Br)c(-c2c(C)c(-c3cc4ccccc4cc3Br)c(Br)c(C)c2Br)cc1C. The zero-order valence-electron chi connectivity index (χ0n) is 17.1. The molecular weight excluding hydrogens is 632 g/mol. The number of fused-ring (bicyclic) bond motifs is 1. The summed E-state index contributed by atoms with van der Waals surface area (Å²) in [6.07, 6.45) is 0. The molecule has 4 rings (SSSR count). The molecule has 4 aromatic carbocycles. The van der Waals surface area contributed by atoms with Crippen molar-refractivity contribution < 1.29 is 0 Å². The van der Waals surface area contributed by atoms with Crippen molar-refractivity contribution in [2.24, 2.45) is 0 Å². The second kappa shape index (κ2) is 8.54. The summed E-state index contributed by atoms with van der Waals surface area (Å²) >= 11 is 15.5. The van der Waals surface area contributed by atoms with Crippen LogP contribution in [-0.2, 0) is 0 Å². The van der Waals surface area contributed by atoms with E-state index in [-0.39, 0.29) is 0 Å². The van der Waals surface area contributed by atoms with E-state index in [9.17, 15) is 0 Å². The Morgan fingerprint density at radius 2 is 1.00 bits per heavy atom. The maximum absolute atomic E-state index is 3.91. The Kier molecular flexibility index (Phi) is 6.33. The fraction of sp³-hybridized carbons (Fsp3) is 0.154. The highest BCUT2D eigenvalue weighted by atomic mass is 79.9. The summed E-state index contributed by atoms with van der Waals surface area (Å²) in [5, 5.41) is 2.46. The average Bonchev–Trinajstić information content (AvgIpc) is 2.70. The van der Waals surface area contributed by atoms with Crippen LogP contribution in [0.2, 0.25) is 0 Å². The molecule has 0 unspecified atom stereocenters. The fourth-order valence-corrected chi connectivity index (χ4v) is 6.84. The highest BCUT2D eigenvalue weighted by molar-refractivity contribution is 9.11. The Labute approximate surface area is 211 Å². The molecule has 0 aromatic heterocycles. The smallest absolute Gasteiger partial charge is 0.0297 e. The molecule has 0 saturated heterocycles. The predicted molar refractivity (Wildman–Crippen MR) is 145 cm³/mol. The molecule has 152 valence electrons. The van der Waals surface area contributed by atoms with Gasteiger partial charge in [-0.2, -0.15) is 0 Å². The van der Waals surface area contributed by atoms with Crippen LogP contribution in [0.5, 0.6) is 0 Å². The van der Waals surface area contributed by atoms with E-state index < -0.39 is 0 Å². The molecule has 0 atom stereocenters. The summed E-state index contributed by atoms with van der Waals surface area (Å²) in [6, 6.07) is 17.5. The lowest BCUT2D eigenvalue weighted by molar-refractivity contribution is 1.30. The Balaban J connectivity index is 2.09. The predicted octanol–water partition coefficient (Wildman–Crippen LogP) is 10.5. The van der Waals surface area contributed by atoms with Crippen LogP contribution in [0.15, 0.2) is 66.4 Å². The van der Waals surface area contributed by atoms with Gasteiger partial charge in [0.25, 0.3) is 0 Å². The average molecular weight is 652 g/mol. The van der Waals surface area contributed by atoms with Crippen LogP contribution in [0.4, 0.5) is 0 Å². The molecule has 0 saturated carbocycles. The van der Waals surface area contributed by atoms with Gasteiger partial charge in [-0.05, 0) is 128 Å². The molecule has 0 N–H and O–H groups in total. The standard InChI is InChI=1S/C26H20Br4/c1-13-9-19(21(27)10-14(13)2)23-15(3)24(26(30)16(4)25(23)29)20-11-17-7-5-6-8-18(17)12-22(20)28/h5-12H,1-4H3. The van der Waals surface area contributed by atoms with Gasteiger partial charge in [-0.1, -0.05) is 56.1 Å². The van der Waals surface area contributed by atoms with Crippen LogP contribution in [-0.4, -0.2) is 0 Å². The first-order valence-corrected chi connectivity index (χ1v) is 12.8. The molecular formula is C26H20Br4. The van der Waals surface area contributed by atoms with Gasteiger partial charge in [0.05, 0.1) is 0 Å². The van der Waals surface area contributed by atoms with E-state index in [4.69, 9.17) is 0 Å². The summed E-state index contributed by atoms with van der Waals surface area (Å²) in [4.78, 5) is 0. The number of aryl methyl sites for hydroxylation is 2. The van der Waals surface area contributed by atoms with Gasteiger partial charge >= 0.3 is 0 Å². The van der Waals surface area contributed by atoms with Gasteiger partial charge in [-0.3, -0.25) is 0 Å². The molecule has 0 spiro atoms. The fourth-order valence-electron chi connectivity index (χ4n) is 3.94. The van der Waals surface area contributed by atoms with Crippen molar-refractivity contribution >= 4 is 74.5 Å². The molecule has 30 heavy (non-hydrogen) atoms. The minimum atomic E-state index is 1.09. The van der Waals surface area contributed by atoms with Crippen molar-refractivity contribution in [3.63, 3.8) is 0 Å². The lowest BCUT2D eigenvalue weighted by Gasteiger charge is -2.22. The molecule has 0 amide bonds. The number of benzene rings is 4. The number of hydrogen-bond donors (Lipinski definition) is 0. The van der Waals surface area contributed by atoms with Crippen molar-refractivity contribution in [3.8, 4) is 22.3 Å². The molecule has 0 fully saturated rings. The zero-order chi connectivity index (χ0) is 21.7. The molecule has 4 aromatic rings. The Hall–Kier alpha value is -0.940. The molecule has 0 heterocycles. The number of halogens is 4. The first-order chi connectivity index (χ1) is 14.2. The van der Waals surface area contributed by atoms with Crippen LogP contribution >= 0.6 is 63.7 Å². The maximum atomic E-state index is 3.91. The van der Waals surface area contributed by atoms with Gasteiger partial charge in [-0.15, -0.1) is 0 Å². The third kappa shape index (κ3) is 3.74. The van der Waals surface area contributed by atoms with Gasteiger partial charge in [0.15, 0.2) is 0 Å². The Morgan fingerprint density at radius 1 is 0.533 bits per heavy atom. The summed E-state index contributed by atoms with van der Waals surface area (Å²) in [5.74, 6) is 0. The minimum absolute atomic E-state index is 1.09. The molecule has 0 bridgehead atoms. The lowest BCUT2D eigenvalue weighted by Crippen LogP contribution is -1.98. The summed E-state index contributed by atoms with van der Waals surface area (Å²) in [6.45, 7) is 8.69. The first kappa shape index (κ1) is 22.3. The highest BCUT2D eigenvalue weighted by Gasteiger charge is 2.22. The van der Waals surface area contributed by atoms with Crippen LogP contribution in [0, 0.1) is 27.7 Å². The lowest BCUT2D eigenvalue weighted by atomic mass is 9.89. The van der Waals surface area contributed by atoms with Crippen LogP contribution in [0.25, 0.3) is 33.0 Å². The van der Waals surface area contributed by atoms with Gasteiger partial charge in [-0.25, -0.2) is 0 Å². The molecule has 0 aliphatic carbocycles. The van der Waals surface area contributed by atoms with E-state index in [0.717, 1.165) is 17.9 Å². The quantitative estimate of drug-likeness (QED) is 0.202. The van der Waals surface area contributed by atoms with Gasteiger partial charge in [0, 0.05) is 29.0 Å². The van der Waals surface area contributed by atoms with Crippen molar-refractivity contribution in [2.75, 3.05) is 0 Å². The van der Waals surface area contributed by atoms with E-state index in [1.54, 1.807) is 0 Å².